The zero-order chi connectivity index (χ0) is 17.6. The van der Waals surface area contributed by atoms with Crippen LogP contribution < -0.4 is 5.32 Å². The molecule has 2 nitrogen and oxygen atoms in total. The van der Waals surface area contributed by atoms with E-state index in [0.717, 1.165) is 23.7 Å². The topological polar surface area (TPSA) is 29.1 Å². The summed E-state index contributed by atoms with van der Waals surface area (Å²) in [5.41, 5.74) is 1.22. The molecule has 1 fully saturated rings. The molecule has 0 bridgehead atoms. The van der Waals surface area contributed by atoms with Crippen molar-refractivity contribution in [3.8, 4) is 0 Å². The first-order valence-electron chi connectivity index (χ1n) is 8.45. The van der Waals surface area contributed by atoms with Crippen molar-refractivity contribution in [3.05, 3.63) is 34.3 Å². The first-order valence-corrected chi connectivity index (χ1v) is 9.24. The summed E-state index contributed by atoms with van der Waals surface area (Å²) in [7, 11) is 0. The van der Waals surface area contributed by atoms with Gasteiger partial charge in [-0.15, -0.1) is 0 Å². The average Bonchev–Trinajstić information content (AvgIpc) is 2.53. The van der Waals surface area contributed by atoms with Crippen molar-refractivity contribution in [2.24, 2.45) is 5.92 Å². The van der Waals surface area contributed by atoms with E-state index in [1.165, 1.54) is 5.56 Å². The van der Waals surface area contributed by atoms with Crippen LogP contribution in [0.25, 0.3) is 0 Å². The molecule has 1 aliphatic carbocycles. The van der Waals surface area contributed by atoms with Crippen LogP contribution in [-0.4, -0.2) is 18.1 Å². The van der Waals surface area contributed by atoms with E-state index in [4.69, 9.17) is 0 Å². The van der Waals surface area contributed by atoms with Crippen LogP contribution in [0.5, 0.6) is 0 Å². The highest BCUT2D eigenvalue weighted by molar-refractivity contribution is 9.10. The second-order valence-electron chi connectivity index (χ2n) is 6.50. The van der Waals surface area contributed by atoms with Crippen LogP contribution in [-0.2, 0) is 11.2 Å². The molecule has 24 heavy (non-hydrogen) atoms. The van der Waals surface area contributed by atoms with E-state index in [0.29, 0.717) is 19.3 Å². The normalized spacial score (nSPS) is 21.5. The van der Waals surface area contributed by atoms with Crippen LogP contribution in [0, 0.1) is 5.92 Å². The molecule has 1 aromatic rings. The molecule has 0 saturated heterocycles. The first-order chi connectivity index (χ1) is 11.3. The average molecular weight is 406 g/mol. The molecule has 2 atom stereocenters. The predicted molar refractivity (Wildman–Crippen MR) is 91.6 cm³/mol. The predicted octanol–water partition coefficient (Wildman–Crippen LogP) is 5.40. The fourth-order valence-corrected chi connectivity index (χ4v) is 3.45. The van der Waals surface area contributed by atoms with E-state index in [1.54, 1.807) is 0 Å². The van der Waals surface area contributed by atoms with E-state index in [1.807, 2.05) is 24.3 Å². The number of unbranched alkanes of at least 4 members (excludes halogenated alkanes) is 1. The number of hydrogen-bond donors (Lipinski definition) is 1. The highest BCUT2D eigenvalue weighted by Crippen LogP contribution is 2.37. The van der Waals surface area contributed by atoms with Gasteiger partial charge in [0.1, 0.15) is 0 Å². The summed E-state index contributed by atoms with van der Waals surface area (Å²) in [6, 6.07) is 7.74. The number of carbonyl (C=O) groups is 1. The molecule has 2 unspecified atom stereocenters. The lowest BCUT2D eigenvalue weighted by Gasteiger charge is -2.31. The molecule has 1 aromatic carbocycles. The molecular formula is C18H23BrF3NO. The number of alkyl halides is 3. The van der Waals surface area contributed by atoms with Gasteiger partial charge < -0.3 is 5.32 Å². The monoisotopic (exact) mass is 405 g/mol. The summed E-state index contributed by atoms with van der Waals surface area (Å²) in [4.78, 5) is 11.9. The smallest absolute Gasteiger partial charge is 0.353 e. The molecule has 0 aromatic heterocycles. The largest absolute Gasteiger partial charge is 0.391 e. The van der Waals surface area contributed by atoms with Gasteiger partial charge in [0.05, 0.1) is 5.92 Å². The van der Waals surface area contributed by atoms with Crippen molar-refractivity contribution in [3.63, 3.8) is 0 Å². The van der Waals surface area contributed by atoms with E-state index >= 15 is 0 Å². The number of hydrogen-bond acceptors (Lipinski definition) is 1. The molecule has 0 radical (unpaired) electrons. The van der Waals surface area contributed by atoms with Crippen LogP contribution >= 0.6 is 15.9 Å². The number of amides is 1. The summed E-state index contributed by atoms with van der Waals surface area (Å²) in [5, 5.41) is 2.78. The maximum Gasteiger partial charge on any atom is 0.391 e. The number of benzene rings is 1. The molecule has 0 spiro atoms. The van der Waals surface area contributed by atoms with Crippen molar-refractivity contribution >= 4 is 21.8 Å². The minimum Gasteiger partial charge on any atom is -0.353 e. The second-order valence-corrected chi connectivity index (χ2v) is 7.42. The Labute approximate surface area is 149 Å². The van der Waals surface area contributed by atoms with Gasteiger partial charge in [0, 0.05) is 16.9 Å². The zero-order valence-corrected chi connectivity index (χ0v) is 15.1. The van der Waals surface area contributed by atoms with Gasteiger partial charge in [-0.25, -0.2) is 0 Å². The van der Waals surface area contributed by atoms with Gasteiger partial charge >= 0.3 is 6.18 Å². The fourth-order valence-electron chi connectivity index (χ4n) is 3.18. The van der Waals surface area contributed by atoms with Crippen LogP contribution in [0.15, 0.2) is 28.7 Å². The molecular weight excluding hydrogens is 383 g/mol. The summed E-state index contributed by atoms with van der Waals surface area (Å²) in [6.07, 6.45) is 0.160. The quantitative estimate of drug-likeness (QED) is 0.630. The lowest BCUT2D eigenvalue weighted by Crippen LogP contribution is -2.41. The van der Waals surface area contributed by atoms with Gasteiger partial charge in [0.2, 0.25) is 5.91 Å². The number of nitrogens with one attached hydrogen (secondary N) is 1. The Balaban J connectivity index is 1.65. The van der Waals surface area contributed by atoms with Gasteiger partial charge in [-0.3, -0.25) is 4.79 Å². The molecule has 0 aliphatic heterocycles. The number of aryl methyl sites for hydroxylation is 1. The molecule has 1 amide bonds. The molecule has 1 aliphatic rings. The first kappa shape index (κ1) is 19.3. The SMILES string of the molecule is O=C(CCCCc1ccc(Br)cc1)NC1CCCC(C(F)(F)F)C1. The number of carbonyl (C=O) groups excluding carboxylic acids is 1. The molecule has 1 N–H and O–H groups in total. The Morgan fingerprint density at radius 3 is 2.54 bits per heavy atom. The third-order valence-corrected chi connectivity index (χ3v) is 5.06. The third-order valence-electron chi connectivity index (χ3n) is 4.53. The minimum atomic E-state index is -4.14. The van der Waals surface area contributed by atoms with Gasteiger partial charge in [-0.05, 0) is 56.2 Å². The summed E-state index contributed by atoms with van der Waals surface area (Å²) in [5.74, 6) is -1.40. The van der Waals surface area contributed by atoms with Crippen LogP contribution in [0.3, 0.4) is 0 Å². The van der Waals surface area contributed by atoms with Gasteiger partial charge in [-0.1, -0.05) is 34.5 Å². The van der Waals surface area contributed by atoms with E-state index < -0.39 is 12.1 Å². The number of rotatable bonds is 6. The van der Waals surface area contributed by atoms with Gasteiger partial charge in [0.25, 0.3) is 0 Å². The van der Waals surface area contributed by atoms with E-state index in [-0.39, 0.29) is 24.8 Å². The Morgan fingerprint density at radius 2 is 1.88 bits per heavy atom. The maximum absolute atomic E-state index is 12.8. The molecule has 134 valence electrons. The van der Waals surface area contributed by atoms with Crippen molar-refractivity contribution < 1.29 is 18.0 Å². The van der Waals surface area contributed by atoms with Crippen molar-refractivity contribution in [2.75, 3.05) is 0 Å². The second kappa shape index (κ2) is 8.88. The Hall–Kier alpha value is -1.04. The Bertz CT molecular complexity index is 530. The third kappa shape index (κ3) is 6.46. The summed E-state index contributed by atoms with van der Waals surface area (Å²) in [6.45, 7) is 0. The lowest BCUT2D eigenvalue weighted by molar-refractivity contribution is -0.184. The highest BCUT2D eigenvalue weighted by Gasteiger charge is 2.42. The Morgan fingerprint density at radius 1 is 1.17 bits per heavy atom. The van der Waals surface area contributed by atoms with E-state index in [9.17, 15) is 18.0 Å². The molecule has 0 heterocycles. The fraction of sp³-hybridized carbons (Fsp3) is 0.611. The zero-order valence-electron chi connectivity index (χ0n) is 13.5. The lowest BCUT2D eigenvalue weighted by atomic mass is 9.85. The van der Waals surface area contributed by atoms with Gasteiger partial charge in [-0.2, -0.15) is 13.2 Å². The molecule has 2 rings (SSSR count). The molecule has 1 saturated carbocycles. The van der Waals surface area contributed by atoms with Crippen LogP contribution in [0.4, 0.5) is 13.2 Å². The van der Waals surface area contributed by atoms with Crippen molar-refractivity contribution in [1.29, 1.82) is 0 Å². The standard InChI is InChI=1S/C18H23BrF3NO/c19-15-10-8-13(9-11-15)4-1-2-7-17(24)23-16-6-3-5-14(12-16)18(20,21)22/h8-11,14,16H,1-7,12H2,(H,23,24). The highest BCUT2D eigenvalue weighted by atomic mass is 79.9. The van der Waals surface area contributed by atoms with Gasteiger partial charge in [0.15, 0.2) is 0 Å². The van der Waals surface area contributed by atoms with Crippen molar-refractivity contribution in [1.82, 2.24) is 5.32 Å². The number of halogens is 4. The Kier molecular flexibility index (Phi) is 7.14. The van der Waals surface area contributed by atoms with Crippen molar-refractivity contribution in [2.45, 2.75) is 63.6 Å². The maximum atomic E-state index is 12.8. The summed E-state index contributed by atoms with van der Waals surface area (Å²) < 4.78 is 39.4. The molecule has 6 heteroatoms. The minimum absolute atomic E-state index is 0.0220. The van der Waals surface area contributed by atoms with E-state index in [2.05, 4.69) is 21.2 Å². The van der Waals surface area contributed by atoms with Crippen LogP contribution in [0.2, 0.25) is 0 Å². The van der Waals surface area contributed by atoms with Crippen LogP contribution in [0.1, 0.15) is 50.5 Å². The summed E-state index contributed by atoms with van der Waals surface area (Å²) >= 11 is 3.39.